The van der Waals surface area contributed by atoms with Gasteiger partial charge in [0.25, 0.3) is 0 Å². The average Bonchev–Trinajstić information content (AvgIpc) is 2.40. The first-order valence-corrected chi connectivity index (χ1v) is 5.31. The zero-order chi connectivity index (χ0) is 12.3. The van der Waals surface area contributed by atoms with Crippen LogP contribution in [0.25, 0.3) is 0 Å². The lowest BCUT2D eigenvalue weighted by Crippen LogP contribution is -2.32. The summed E-state index contributed by atoms with van der Waals surface area (Å²) in [6, 6.07) is 1.69. The monoisotopic (exact) mass is 245 g/mol. The number of aromatic nitrogens is 2. The molecule has 0 aliphatic carbocycles. The van der Waals surface area contributed by atoms with E-state index in [4.69, 9.17) is 16.3 Å². The minimum atomic E-state index is -0.494. The van der Waals surface area contributed by atoms with Gasteiger partial charge in [0.1, 0.15) is 10.8 Å². The molecule has 1 heterocycles. The Kier molecular flexibility index (Phi) is 3.80. The van der Waals surface area contributed by atoms with Crippen molar-refractivity contribution in [3.05, 3.63) is 16.9 Å². The molecule has 0 spiro atoms. The van der Waals surface area contributed by atoms with Gasteiger partial charge in [-0.15, -0.1) is 0 Å². The third-order valence-corrected chi connectivity index (χ3v) is 2.04. The molecule has 1 aromatic heterocycles. The van der Waals surface area contributed by atoms with E-state index in [1.807, 2.05) is 20.8 Å². The Balaban J connectivity index is 2.43. The molecule has 0 aromatic carbocycles. The minimum absolute atomic E-state index is 0.301. The van der Waals surface area contributed by atoms with Gasteiger partial charge in [-0.3, -0.25) is 4.68 Å². The number of nitrogens with one attached hydrogen (secondary N) is 1. The number of nitrogens with zero attached hydrogens (tertiary/aromatic N) is 2. The summed E-state index contributed by atoms with van der Waals surface area (Å²) in [5.74, 6) is 0. The molecule has 0 aliphatic rings. The fourth-order valence-electron chi connectivity index (χ4n) is 1.06. The van der Waals surface area contributed by atoms with Crippen LogP contribution in [-0.2, 0) is 18.3 Å². The molecule has 6 heteroatoms. The van der Waals surface area contributed by atoms with E-state index in [2.05, 4.69) is 10.4 Å². The molecule has 0 unspecified atom stereocenters. The maximum absolute atomic E-state index is 11.3. The van der Waals surface area contributed by atoms with Gasteiger partial charge in [0, 0.05) is 13.1 Å². The van der Waals surface area contributed by atoms with Crippen molar-refractivity contribution >= 4 is 17.7 Å². The quantitative estimate of drug-likeness (QED) is 0.868. The van der Waals surface area contributed by atoms with E-state index in [0.717, 1.165) is 0 Å². The largest absolute Gasteiger partial charge is 0.444 e. The smallest absolute Gasteiger partial charge is 0.407 e. The van der Waals surface area contributed by atoms with Crippen LogP contribution >= 0.6 is 11.6 Å². The highest BCUT2D eigenvalue weighted by atomic mass is 35.5. The van der Waals surface area contributed by atoms with Gasteiger partial charge in [-0.2, -0.15) is 5.10 Å². The van der Waals surface area contributed by atoms with E-state index in [1.54, 1.807) is 13.1 Å². The summed E-state index contributed by atoms with van der Waals surface area (Å²) in [4.78, 5) is 11.3. The van der Waals surface area contributed by atoms with Crippen LogP contribution < -0.4 is 5.32 Å². The molecule has 1 rings (SSSR count). The van der Waals surface area contributed by atoms with Crippen LogP contribution in [0.15, 0.2) is 6.07 Å². The van der Waals surface area contributed by atoms with Gasteiger partial charge in [0.15, 0.2) is 0 Å². The van der Waals surface area contributed by atoms with Crippen molar-refractivity contribution in [2.45, 2.75) is 32.9 Å². The summed E-state index contributed by atoms with van der Waals surface area (Å²) < 4.78 is 6.61. The highest BCUT2D eigenvalue weighted by Crippen LogP contribution is 2.09. The Hall–Kier alpha value is -1.23. The Labute approximate surface area is 99.7 Å². The molecule has 1 N–H and O–H groups in total. The third kappa shape index (κ3) is 4.10. The number of ether oxygens (including phenoxy) is 1. The Morgan fingerprint density at radius 2 is 2.25 bits per heavy atom. The minimum Gasteiger partial charge on any atom is -0.444 e. The van der Waals surface area contributed by atoms with Crippen molar-refractivity contribution < 1.29 is 9.53 Å². The number of carbonyl (C=O) groups excluding carboxylic acids is 1. The Morgan fingerprint density at radius 3 is 2.69 bits per heavy atom. The summed E-state index contributed by atoms with van der Waals surface area (Å²) >= 11 is 5.81. The molecule has 0 bridgehead atoms. The Morgan fingerprint density at radius 1 is 1.62 bits per heavy atom. The fourth-order valence-corrected chi connectivity index (χ4v) is 1.23. The number of hydrogen-bond donors (Lipinski definition) is 1. The SMILES string of the molecule is Cn1nc(CNC(=O)OC(C)(C)C)cc1Cl. The normalized spacial score (nSPS) is 11.3. The van der Waals surface area contributed by atoms with Gasteiger partial charge in [-0.05, 0) is 20.8 Å². The molecular weight excluding hydrogens is 230 g/mol. The molecule has 0 aliphatic heterocycles. The molecule has 0 saturated heterocycles. The molecule has 5 nitrogen and oxygen atoms in total. The van der Waals surface area contributed by atoms with Crippen LogP contribution in [0.3, 0.4) is 0 Å². The summed E-state index contributed by atoms with van der Waals surface area (Å²) in [5.41, 5.74) is 0.199. The number of carbonyl (C=O) groups is 1. The predicted molar refractivity (Wildman–Crippen MR) is 61.3 cm³/mol. The van der Waals surface area contributed by atoms with E-state index < -0.39 is 11.7 Å². The van der Waals surface area contributed by atoms with Crippen LogP contribution in [0.2, 0.25) is 5.15 Å². The van der Waals surface area contributed by atoms with Crippen molar-refractivity contribution in [3.63, 3.8) is 0 Å². The number of rotatable bonds is 2. The molecule has 90 valence electrons. The lowest BCUT2D eigenvalue weighted by molar-refractivity contribution is 0.0523. The first-order chi connectivity index (χ1) is 7.28. The molecule has 0 atom stereocenters. The maximum Gasteiger partial charge on any atom is 0.407 e. The van der Waals surface area contributed by atoms with Crippen molar-refractivity contribution in [1.82, 2.24) is 15.1 Å². The molecule has 0 saturated carbocycles. The van der Waals surface area contributed by atoms with Gasteiger partial charge in [0.05, 0.1) is 12.2 Å². The maximum atomic E-state index is 11.3. The van der Waals surface area contributed by atoms with Gasteiger partial charge in [-0.1, -0.05) is 11.6 Å². The van der Waals surface area contributed by atoms with Crippen LogP contribution in [0, 0.1) is 0 Å². The zero-order valence-electron chi connectivity index (χ0n) is 9.87. The van der Waals surface area contributed by atoms with Gasteiger partial charge >= 0.3 is 6.09 Å². The second kappa shape index (κ2) is 4.74. The average molecular weight is 246 g/mol. The van der Waals surface area contributed by atoms with Crippen molar-refractivity contribution in [1.29, 1.82) is 0 Å². The first kappa shape index (κ1) is 12.8. The number of halogens is 1. The van der Waals surface area contributed by atoms with E-state index in [9.17, 15) is 4.79 Å². The van der Waals surface area contributed by atoms with Crippen LogP contribution in [0.1, 0.15) is 26.5 Å². The topological polar surface area (TPSA) is 56.2 Å². The second-order valence-electron chi connectivity index (χ2n) is 4.44. The zero-order valence-corrected chi connectivity index (χ0v) is 10.6. The molecule has 1 amide bonds. The number of hydrogen-bond acceptors (Lipinski definition) is 3. The van der Waals surface area contributed by atoms with Gasteiger partial charge in [0.2, 0.25) is 0 Å². The first-order valence-electron chi connectivity index (χ1n) is 4.93. The van der Waals surface area contributed by atoms with Crippen molar-refractivity contribution in [3.8, 4) is 0 Å². The number of aryl methyl sites for hydroxylation is 1. The lowest BCUT2D eigenvalue weighted by Gasteiger charge is -2.19. The standard InChI is InChI=1S/C10H16ClN3O2/c1-10(2,3)16-9(15)12-6-7-5-8(11)14(4)13-7/h5H,6H2,1-4H3,(H,12,15). The number of alkyl carbamates (subject to hydrolysis) is 1. The highest BCUT2D eigenvalue weighted by Gasteiger charge is 2.16. The van der Waals surface area contributed by atoms with Crippen molar-refractivity contribution in [2.75, 3.05) is 0 Å². The van der Waals surface area contributed by atoms with Crippen LogP contribution in [0.4, 0.5) is 4.79 Å². The molecule has 1 aromatic rings. The molecular formula is C10H16ClN3O2. The highest BCUT2D eigenvalue weighted by molar-refractivity contribution is 6.29. The summed E-state index contributed by atoms with van der Waals surface area (Å²) in [6.07, 6.45) is -0.464. The number of amides is 1. The van der Waals surface area contributed by atoms with E-state index >= 15 is 0 Å². The van der Waals surface area contributed by atoms with E-state index in [1.165, 1.54) is 4.68 Å². The van der Waals surface area contributed by atoms with Crippen LogP contribution in [0.5, 0.6) is 0 Å². The van der Waals surface area contributed by atoms with Crippen molar-refractivity contribution in [2.24, 2.45) is 7.05 Å². The third-order valence-electron chi connectivity index (χ3n) is 1.69. The van der Waals surface area contributed by atoms with Gasteiger partial charge < -0.3 is 10.1 Å². The van der Waals surface area contributed by atoms with Crippen LogP contribution in [-0.4, -0.2) is 21.5 Å². The lowest BCUT2D eigenvalue weighted by atomic mass is 10.2. The summed E-state index contributed by atoms with van der Waals surface area (Å²) in [5, 5.41) is 7.22. The fraction of sp³-hybridized carbons (Fsp3) is 0.600. The molecule has 0 radical (unpaired) electrons. The van der Waals surface area contributed by atoms with E-state index in [0.29, 0.717) is 17.4 Å². The second-order valence-corrected chi connectivity index (χ2v) is 4.82. The summed E-state index contributed by atoms with van der Waals surface area (Å²) in [7, 11) is 1.74. The Bertz CT molecular complexity index is 362. The molecule has 16 heavy (non-hydrogen) atoms. The summed E-state index contributed by atoms with van der Waals surface area (Å²) in [6.45, 7) is 5.73. The molecule has 0 fully saturated rings. The van der Waals surface area contributed by atoms with E-state index in [-0.39, 0.29) is 0 Å². The predicted octanol–water partition coefficient (Wildman–Crippen LogP) is 2.10. The van der Waals surface area contributed by atoms with Gasteiger partial charge in [-0.25, -0.2) is 4.79 Å².